The highest BCUT2D eigenvalue weighted by Crippen LogP contribution is 2.37. The van der Waals surface area contributed by atoms with Crippen molar-refractivity contribution in [3.05, 3.63) is 59.7 Å². The first kappa shape index (κ1) is 22.8. The van der Waals surface area contributed by atoms with E-state index in [9.17, 15) is 10.2 Å². The van der Waals surface area contributed by atoms with Gasteiger partial charge in [-0.25, -0.2) is 0 Å². The van der Waals surface area contributed by atoms with Crippen LogP contribution in [0.5, 0.6) is 23.0 Å². The van der Waals surface area contributed by atoms with E-state index in [1.54, 1.807) is 18.2 Å². The molecule has 0 aliphatic carbocycles. The summed E-state index contributed by atoms with van der Waals surface area (Å²) in [6.07, 6.45) is 0.655. The van der Waals surface area contributed by atoms with Gasteiger partial charge in [-0.1, -0.05) is 19.1 Å². The Morgan fingerprint density at radius 3 is 2.10 bits per heavy atom. The van der Waals surface area contributed by atoms with E-state index in [2.05, 4.69) is 13.0 Å². The van der Waals surface area contributed by atoms with Gasteiger partial charge in [-0.3, -0.25) is 0 Å². The molecule has 166 valence electrons. The van der Waals surface area contributed by atoms with Crippen molar-refractivity contribution in [2.45, 2.75) is 72.0 Å². The van der Waals surface area contributed by atoms with Gasteiger partial charge in [0, 0.05) is 6.07 Å². The van der Waals surface area contributed by atoms with Gasteiger partial charge in [-0.2, -0.15) is 0 Å². The maximum absolute atomic E-state index is 10.6. The van der Waals surface area contributed by atoms with Crippen molar-refractivity contribution in [3.63, 3.8) is 0 Å². The summed E-state index contributed by atoms with van der Waals surface area (Å²) < 4.78 is 12.3. The Morgan fingerprint density at radius 1 is 0.774 bits per heavy atom. The number of fused-ring (bicyclic) bond motifs is 1. The van der Waals surface area contributed by atoms with Crippen LogP contribution in [0.1, 0.15) is 65.5 Å². The van der Waals surface area contributed by atoms with Crippen LogP contribution in [0.2, 0.25) is 0 Å². The van der Waals surface area contributed by atoms with Crippen molar-refractivity contribution in [1.82, 2.24) is 0 Å². The van der Waals surface area contributed by atoms with E-state index in [1.165, 1.54) is 0 Å². The molecule has 0 spiro atoms. The Morgan fingerprint density at radius 2 is 1.45 bits per heavy atom. The number of ether oxygens (including phenoxy) is 2. The van der Waals surface area contributed by atoms with E-state index in [0.717, 1.165) is 33.4 Å². The minimum absolute atomic E-state index is 0.113. The smallest absolute Gasteiger partial charge is 0.127 e. The molecule has 1 atom stereocenters. The Bertz CT molecular complexity index is 1070. The number of phenolic OH excluding ortho intramolecular Hbond substituents is 2. The third kappa shape index (κ3) is 6.06. The molecule has 0 heterocycles. The lowest BCUT2D eigenvalue weighted by Crippen LogP contribution is -2.25. The van der Waals surface area contributed by atoms with E-state index in [0.29, 0.717) is 6.42 Å². The molecule has 0 amide bonds. The Hall–Kier alpha value is -2.88. The minimum Gasteiger partial charge on any atom is -0.508 e. The van der Waals surface area contributed by atoms with Gasteiger partial charge >= 0.3 is 0 Å². The number of benzene rings is 3. The van der Waals surface area contributed by atoms with Crippen LogP contribution in [0, 0.1) is 0 Å². The van der Waals surface area contributed by atoms with Crippen molar-refractivity contribution in [3.8, 4) is 23.0 Å². The molecule has 0 aliphatic rings. The average Bonchev–Trinajstić information content (AvgIpc) is 2.60. The molecule has 0 aromatic heterocycles. The van der Waals surface area contributed by atoms with Crippen molar-refractivity contribution in [1.29, 1.82) is 0 Å². The third-order valence-corrected chi connectivity index (χ3v) is 4.90. The monoisotopic (exact) mass is 422 g/mol. The molecule has 4 heteroatoms. The lowest BCUT2D eigenvalue weighted by atomic mass is 9.91. The van der Waals surface area contributed by atoms with Crippen LogP contribution in [-0.2, 0) is 6.42 Å². The Labute approximate surface area is 185 Å². The second-order valence-corrected chi connectivity index (χ2v) is 10.2. The number of aromatic hydroxyl groups is 2. The zero-order valence-corrected chi connectivity index (χ0v) is 19.6. The van der Waals surface area contributed by atoms with Crippen LogP contribution in [-0.4, -0.2) is 21.4 Å². The van der Waals surface area contributed by atoms with Gasteiger partial charge in [0.15, 0.2) is 0 Å². The van der Waals surface area contributed by atoms with E-state index >= 15 is 0 Å². The van der Waals surface area contributed by atoms with E-state index < -0.39 is 0 Å². The first-order chi connectivity index (χ1) is 14.3. The first-order valence-corrected chi connectivity index (χ1v) is 10.8. The number of hydrogen-bond acceptors (Lipinski definition) is 4. The topological polar surface area (TPSA) is 58.9 Å². The maximum Gasteiger partial charge on any atom is 0.127 e. The fourth-order valence-corrected chi connectivity index (χ4v) is 3.68. The lowest BCUT2D eigenvalue weighted by Gasteiger charge is -2.27. The van der Waals surface area contributed by atoms with Crippen LogP contribution < -0.4 is 9.47 Å². The summed E-state index contributed by atoms with van der Waals surface area (Å²) in [6.45, 7) is 14.3. The third-order valence-electron chi connectivity index (χ3n) is 4.90. The summed E-state index contributed by atoms with van der Waals surface area (Å²) in [6, 6.07) is 14.9. The molecule has 0 aliphatic heterocycles. The van der Waals surface area contributed by atoms with Crippen LogP contribution >= 0.6 is 0 Å². The summed E-state index contributed by atoms with van der Waals surface area (Å²) in [5, 5.41) is 22.1. The zero-order chi connectivity index (χ0) is 23.0. The lowest BCUT2D eigenvalue weighted by molar-refractivity contribution is 0.120. The highest BCUT2D eigenvalue weighted by atomic mass is 16.5. The fraction of sp³-hybridized carbons (Fsp3) is 0.407. The standard InChI is InChI=1S/C27H34O4/c1-17(12-20-13-18-8-9-21(28)14-19(18)15-24(20)29)23-11-10-22(30-26(2,3)4)16-25(23)31-27(5,6)7/h8-11,13-17,28-29H,12H2,1-7H3. The molecule has 31 heavy (non-hydrogen) atoms. The highest BCUT2D eigenvalue weighted by Gasteiger charge is 2.21. The van der Waals surface area contributed by atoms with Gasteiger partial charge in [0.2, 0.25) is 0 Å². The molecular formula is C27H34O4. The van der Waals surface area contributed by atoms with Crippen molar-refractivity contribution in [2.24, 2.45) is 0 Å². The summed E-state index contributed by atoms with van der Waals surface area (Å²) in [5.74, 6) is 2.11. The predicted molar refractivity (Wildman–Crippen MR) is 127 cm³/mol. The molecule has 0 radical (unpaired) electrons. The molecule has 3 rings (SSSR count). The van der Waals surface area contributed by atoms with Crippen molar-refractivity contribution >= 4 is 10.8 Å². The van der Waals surface area contributed by atoms with Gasteiger partial charge in [0.1, 0.15) is 34.2 Å². The normalized spacial score (nSPS) is 13.3. The van der Waals surface area contributed by atoms with Gasteiger partial charge in [0.25, 0.3) is 0 Å². The molecule has 3 aromatic rings. The van der Waals surface area contributed by atoms with Crippen molar-refractivity contribution in [2.75, 3.05) is 0 Å². The summed E-state index contributed by atoms with van der Waals surface area (Å²) in [5.41, 5.74) is 1.29. The summed E-state index contributed by atoms with van der Waals surface area (Å²) >= 11 is 0. The summed E-state index contributed by atoms with van der Waals surface area (Å²) in [4.78, 5) is 0. The molecular weight excluding hydrogens is 388 g/mol. The quantitative estimate of drug-likeness (QED) is 0.467. The highest BCUT2D eigenvalue weighted by molar-refractivity contribution is 5.86. The minimum atomic E-state index is -0.345. The Kier molecular flexibility index (Phi) is 6.13. The number of rotatable bonds is 5. The fourth-order valence-electron chi connectivity index (χ4n) is 3.68. The zero-order valence-electron chi connectivity index (χ0n) is 19.6. The summed E-state index contributed by atoms with van der Waals surface area (Å²) in [7, 11) is 0. The largest absolute Gasteiger partial charge is 0.508 e. The molecule has 3 aromatic carbocycles. The van der Waals surface area contributed by atoms with Gasteiger partial charge in [-0.15, -0.1) is 0 Å². The number of hydrogen-bond donors (Lipinski definition) is 2. The van der Waals surface area contributed by atoms with Crippen molar-refractivity contribution < 1.29 is 19.7 Å². The first-order valence-electron chi connectivity index (χ1n) is 10.8. The van der Waals surface area contributed by atoms with Gasteiger partial charge in [-0.05, 0) is 106 Å². The SMILES string of the molecule is CC(Cc1cc2ccc(O)cc2cc1O)c1ccc(OC(C)(C)C)cc1OC(C)(C)C. The van der Waals surface area contributed by atoms with Crippen LogP contribution in [0.4, 0.5) is 0 Å². The van der Waals surface area contributed by atoms with Crippen LogP contribution in [0.15, 0.2) is 48.5 Å². The average molecular weight is 423 g/mol. The van der Waals surface area contributed by atoms with E-state index in [4.69, 9.17) is 9.47 Å². The van der Waals surface area contributed by atoms with Crippen LogP contribution in [0.3, 0.4) is 0 Å². The predicted octanol–water partition coefficient (Wildman–Crippen LogP) is 6.95. The molecule has 0 saturated heterocycles. The molecule has 0 bridgehead atoms. The molecule has 0 fully saturated rings. The Balaban J connectivity index is 1.94. The molecule has 0 saturated carbocycles. The molecule has 1 unspecified atom stereocenters. The van der Waals surface area contributed by atoms with E-state index in [1.807, 2.05) is 65.8 Å². The van der Waals surface area contributed by atoms with Gasteiger partial charge in [0.05, 0.1) is 0 Å². The van der Waals surface area contributed by atoms with E-state index in [-0.39, 0.29) is 28.6 Å². The molecule has 2 N–H and O–H groups in total. The second kappa shape index (κ2) is 8.33. The second-order valence-electron chi connectivity index (χ2n) is 10.2. The molecule has 4 nitrogen and oxygen atoms in total. The van der Waals surface area contributed by atoms with Crippen LogP contribution in [0.25, 0.3) is 10.8 Å². The number of phenols is 2. The maximum atomic E-state index is 10.6. The van der Waals surface area contributed by atoms with Gasteiger partial charge < -0.3 is 19.7 Å².